The van der Waals surface area contributed by atoms with Gasteiger partial charge in [-0.25, -0.2) is 0 Å². The normalized spacial score (nSPS) is 18.6. The molecule has 0 amide bonds. The average Bonchev–Trinajstić information content (AvgIpc) is 2.83. The molecular formula is C14H20O2. The maximum absolute atomic E-state index is 10.1. The molecule has 1 aromatic carbocycles. The molecule has 88 valence electrons. The van der Waals surface area contributed by atoms with E-state index in [0.717, 1.165) is 12.2 Å². The Bertz CT molecular complexity index is 312. The second-order valence-electron chi connectivity index (χ2n) is 4.66. The number of ether oxygens (including phenoxy) is 1. The minimum absolute atomic E-state index is 0.170. The molecule has 1 aliphatic rings. The van der Waals surface area contributed by atoms with Crippen LogP contribution in [0.4, 0.5) is 0 Å². The van der Waals surface area contributed by atoms with Crippen molar-refractivity contribution in [3.8, 4) is 5.75 Å². The number of hydrogen-bond donors (Lipinski definition) is 1. The highest BCUT2D eigenvalue weighted by Gasteiger charge is 2.22. The Labute approximate surface area is 97.3 Å². The van der Waals surface area contributed by atoms with Gasteiger partial charge in [-0.2, -0.15) is 0 Å². The van der Waals surface area contributed by atoms with Crippen molar-refractivity contribution >= 4 is 0 Å². The van der Waals surface area contributed by atoms with E-state index in [-0.39, 0.29) is 6.10 Å². The van der Waals surface area contributed by atoms with Crippen LogP contribution in [0.25, 0.3) is 0 Å². The van der Waals surface area contributed by atoms with E-state index in [2.05, 4.69) is 0 Å². The van der Waals surface area contributed by atoms with Gasteiger partial charge in [-0.15, -0.1) is 0 Å². The van der Waals surface area contributed by atoms with Crippen molar-refractivity contribution in [1.29, 1.82) is 0 Å². The Morgan fingerprint density at radius 3 is 2.44 bits per heavy atom. The largest absolute Gasteiger partial charge is 0.497 e. The SMILES string of the molecule is COc1ccc(CC(O)C2CCCC2)cc1. The van der Waals surface area contributed by atoms with Gasteiger partial charge in [0.1, 0.15) is 5.75 Å². The fraction of sp³-hybridized carbons (Fsp3) is 0.571. The summed E-state index contributed by atoms with van der Waals surface area (Å²) in [6, 6.07) is 7.99. The minimum Gasteiger partial charge on any atom is -0.497 e. The van der Waals surface area contributed by atoms with E-state index in [4.69, 9.17) is 4.74 Å². The molecule has 2 rings (SSSR count). The smallest absolute Gasteiger partial charge is 0.118 e. The fourth-order valence-electron chi connectivity index (χ4n) is 2.51. The fourth-order valence-corrected chi connectivity index (χ4v) is 2.51. The highest BCUT2D eigenvalue weighted by molar-refractivity contribution is 5.27. The number of aliphatic hydroxyl groups excluding tert-OH is 1. The van der Waals surface area contributed by atoms with E-state index < -0.39 is 0 Å². The number of methoxy groups -OCH3 is 1. The summed E-state index contributed by atoms with van der Waals surface area (Å²) < 4.78 is 5.11. The number of aliphatic hydroxyl groups is 1. The van der Waals surface area contributed by atoms with Crippen molar-refractivity contribution in [2.45, 2.75) is 38.2 Å². The van der Waals surface area contributed by atoms with Crippen LogP contribution >= 0.6 is 0 Å². The molecule has 1 N–H and O–H groups in total. The van der Waals surface area contributed by atoms with Crippen molar-refractivity contribution in [2.24, 2.45) is 5.92 Å². The first-order valence-electron chi connectivity index (χ1n) is 6.10. The van der Waals surface area contributed by atoms with Crippen molar-refractivity contribution in [3.63, 3.8) is 0 Å². The lowest BCUT2D eigenvalue weighted by atomic mass is 9.95. The Morgan fingerprint density at radius 2 is 1.88 bits per heavy atom. The molecule has 16 heavy (non-hydrogen) atoms. The minimum atomic E-state index is -0.170. The zero-order valence-electron chi connectivity index (χ0n) is 9.86. The summed E-state index contributed by atoms with van der Waals surface area (Å²) in [6.45, 7) is 0. The molecule has 1 aliphatic carbocycles. The molecule has 0 aromatic heterocycles. The lowest BCUT2D eigenvalue weighted by molar-refractivity contribution is 0.111. The Hall–Kier alpha value is -1.02. The van der Waals surface area contributed by atoms with Gasteiger partial charge in [0.05, 0.1) is 13.2 Å². The number of hydrogen-bond acceptors (Lipinski definition) is 2. The molecule has 1 fully saturated rings. The molecule has 0 spiro atoms. The predicted octanol–water partition coefficient (Wildman–Crippen LogP) is 2.79. The first kappa shape index (κ1) is 11.5. The lowest BCUT2D eigenvalue weighted by Crippen LogP contribution is -2.20. The van der Waals surface area contributed by atoms with Crippen LogP contribution in [0.3, 0.4) is 0 Å². The van der Waals surface area contributed by atoms with Crippen LogP contribution in [0.15, 0.2) is 24.3 Å². The number of benzene rings is 1. The third-order valence-corrected chi connectivity index (χ3v) is 3.55. The van der Waals surface area contributed by atoms with Gasteiger partial charge in [-0.3, -0.25) is 0 Å². The summed E-state index contributed by atoms with van der Waals surface area (Å²) in [5, 5.41) is 10.1. The van der Waals surface area contributed by atoms with Gasteiger partial charge in [0.15, 0.2) is 0 Å². The third-order valence-electron chi connectivity index (χ3n) is 3.55. The zero-order chi connectivity index (χ0) is 11.4. The van der Waals surface area contributed by atoms with Crippen molar-refractivity contribution in [2.75, 3.05) is 7.11 Å². The topological polar surface area (TPSA) is 29.5 Å². The highest BCUT2D eigenvalue weighted by Crippen LogP contribution is 2.29. The summed E-state index contributed by atoms with van der Waals surface area (Å²) in [5.74, 6) is 1.39. The molecule has 0 aliphatic heterocycles. The van der Waals surface area contributed by atoms with Gasteiger partial charge in [-0.05, 0) is 42.9 Å². The van der Waals surface area contributed by atoms with Crippen LogP contribution in [0.1, 0.15) is 31.2 Å². The molecule has 0 saturated heterocycles. The van der Waals surface area contributed by atoms with Crippen molar-refractivity contribution in [3.05, 3.63) is 29.8 Å². The molecule has 2 nitrogen and oxygen atoms in total. The van der Waals surface area contributed by atoms with Gasteiger partial charge in [0.2, 0.25) is 0 Å². The van der Waals surface area contributed by atoms with Crippen LogP contribution in [0.5, 0.6) is 5.75 Å². The molecule has 1 unspecified atom stereocenters. The number of rotatable bonds is 4. The first-order valence-corrected chi connectivity index (χ1v) is 6.10. The summed E-state index contributed by atoms with van der Waals surface area (Å²) in [5.41, 5.74) is 1.19. The standard InChI is InChI=1S/C14H20O2/c1-16-13-8-6-11(7-9-13)10-14(15)12-4-2-3-5-12/h6-9,12,14-15H,2-5,10H2,1H3. The van der Waals surface area contributed by atoms with Gasteiger partial charge < -0.3 is 9.84 Å². The van der Waals surface area contributed by atoms with Crippen LogP contribution in [-0.2, 0) is 6.42 Å². The van der Waals surface area contributed by atoms with E-state index in [0.29, 0.717) is 5.92 Å². The maximum Gasteiger partial charge on any atom is 0.118 e. The van der Waals surface area contributed by atoms with Gasteiger partial charge in [0, 0.05) is 0 Å². The molecule has 1 saturated carbocycles. The van der Waals surface area contributed by atoms with Crippen LogP contribution in [-0.4, -0.2) is 18.3 Å². The summed E-state index contributed by atoms with van der Waals surface area (Å²) >= 11 is 0. The van der Waals surface area contributed by atoms with Gasteiger partial charge in [0.25, 0.3) is 0 Å². The predicted molar refractivity (Wildman–Crippen MR) is 64.7 cm³/mol. The Balaban J connectivity index is 1.92. The summed E-state index contributed by atoms with van der Waals surface area (Å²) in [6.07, 6.45) is 5.55. The van der Waals surface area contributed by atoms with Gasteiger partial charge >= 0.3 is 0 Å². The van der Waals surface area contributed by atoms with Crippen molar-refractivity contribution in [1.82, 2.24) is 0 Å². The summed E-state index contributed by atoms with van der Waals surface area (Å²) in [7, 11) is 1.67. The monoisotopic (exact) mass is 220 g/mol. The van der Waals surface area contributed by atoms with Gasteiger partial charge in [-0.1, -0.05) is 25.0 Å². The maximum atomic E-state index is 10.1. The molecule has 1 aromatic rings. The van der Waals surface area contributed by atoms with Crippen molar-refractivity contribution < 1.29 is 9.84 Å². The van der Waals surface area contributed by atoms with E-state index >= 15 is 0 Å². The van der Waals surface area contributed by atoms with Crippen LogP contribution in [0, 0.1) is 5.92 Å². The van der Waals surface area contributed by atoms with Crippen LogP contribution < -0.4 is 4.74 Å². The molecule has 0 radical (unpaired) electrons. The summed E-state index contributed by atoms with van der Waals surface area (Å²) in [4.78, 5) is 0. The molecule has 0 bridgehead atoms. The average molecular weight is 220 g/mol. The first-order chi connectivity index (χ1) is 7.79. The molecular weight excluding hydrogens is 200 g/mol. The highest BCUT2D eigenvalue weighted by atomic mass is 16.5. The molecule has 0 heterocycles. The zero-order valence-corrected chi connectivity index (χ0v) is 9.86. The Morgan fingerprint density at radius 1 is 1.25 bits per heavy atom. The van der Waals surface area contributed by atoms with E-state index in [1.54, 1.807) is 7.11 Å². The van der Waals surface area contributed by atoms with E-state index in [1.165, 1.54) is 31.2 Å². The van der Waals surface area contributed by atoms with E-state index in [1.807, 2.05) is 24.3 Å². The second-order valence-corrected chi connectivity index (χ2v) is 4.66. The quantitative estimate of drug-likeness (QED) is 0.845. The third kappa shape index (κ3) is 2.76. The van der Waals surface area contributed by atoms with E-state index in [9.17, 15) is 5.11 Å². The Kier molecular flexibility index (Phi) is 3.83. The lowest BCUT2D eigenvalue weighted by Gasteiger charge is -2.17. The second kappa shape index (κ2) is 5.35. The molecule has 2 heteroatoms. The van der Waals surface area contributed by atoms with Crippen LogP contribution in [0.2, 0.25) is 0 Å². The molecule has 1 atom stereocenters.